The van der Waals surface area contributed by atoms with Crippen LogP contribution in [-0.4, -0.2) is 72.7 Å². The second-order valence-corrected chi connectivity index (χ2v) is 9.04. The van der Waals surface area contributed by atoms with Crippen molar-refractivity contribution in [3.8, 4) is 0 Å². The number of hydrogen-bond acceptors (Lipinski definition) is 6. The first-order valence-corrected chi connectivity index (χ1v) is 14.1. The van der Waals surface area contributed by atoms with E-state index in [-0.39, 0.29) is 0 Å². The molecule has 0 spiro atoms. The zero-order valence-electron chi connectivity index (χ0n) is 23.3. The third-order valence-corrected chi connectivity index (χ3v) is 6.22. The smallest absolute Gasteiger partial charge is 0.143 e. The number of benzene rings is 3. The maximum Gasteiger partial charge on any atom is 0.143 e. The molecule has 3 rings (SSSR count). The standard InChI is InChI=1S/C33H44O6/c1-2-3-19-34-20-21-35-22-23-36-24-25-37-26-27-38-28-29-39-33(30-13-7-4-8-14-30,31-15-9-5-10-16-31)32-17-11-6-12-18-32/h4-18H,2-3,19-29H2,1H3. The highest BCUT2D eigenvalue weighted by atomic mass is 16.6. The molecule has 0 atom stereocenters. The highest BCUT2D eigenvalue weighted by Crippen LogP contribution is 2.40. The summed E-state index contributed by atoms with van der Waals surface area (Å²) < 4.78 is 34.6. The van der Waals surface area contributed by atoms with Gasteiger partial charge in [0, 0.05) is 6.61 Å². The van der Waals surface area contributed by atoms with Gasteiger partial charge in [-0.05, 0) is 23.1 Å². The Bertz CT molecular complexity index is 871. The number of unbranched alkanes of at least 4 members (excludes halogenated alkanes) is 1. The Hall–Kier alpha value is -2.58. The molecule has 0 amide bonds. The molecule has 39 heavy (non-hydrogen) atoms. The van der Waals surface area contributed by atoms with Crippen molar-refractivity contribution in [2.45, 2.75) is 25.4 Å². The van der Waals surface area contributed by atoms with Crippen LogP contribution in [0.3, 0.4) is 0 Å². The van der Waals surface area contributed by atoms with Gasteiger partial charge in [-0.3, -0.25) is 0 Å². The van der Waals surface area contributed by atoms with Crippen molar-refractivity contribution in [1.29, 1.82) is 0 Å². The fourth-order valence-corrected chi connectivity index (χ4v) is 4.25. The van der Waals surface area contributed by atoms with Gasteiger partial charge in [-0.25, -0.2) is 0 Å². The Labute approximate surface area is 234 Å². The molecule has 0 bridgehead atoms. The van der Waals surface area contributed by atoms with E-state index in [0.29, 0.717) is 66.1 Å². The van der Waals surface area contributed by atoms with E-state index in [9.17, 15) is 0 Å². The summed E-state index contributed by atoms with van der Waals surface area (Å²) >= 11 is 0. The van der Waals surface area contributed by atoms with Gasteiger partial charge in [0.05, 0.1) is 66.1 Å². The zero-order chi connectivity index (χ0) is 27.3. The normalized spacial score (nSPS) is 11.6. The van der Waals surface area contributed by atoms with Crippen molar-refractivity contribution in [2.24, 2.45) is 0 Å². The first-order valence-electron chi connectivity index (χ1n) is 14.1. The average Bonchev–Trinajstić information content (AvgIpc) is 3.00. The Morgan fingerprint density at radius 3 is 1.05 bits per heavy atom. The van der Waals surface area contributed by atoms with Gasteiger partial charge in [0.2, 0.25) is 0 Å². The number of rotatable bonds is 22. The van der Waals surface area contributed by atoms with Gasteiger partial charge in [0.15, 0.2) is 0 Å². The Balaban J connectivity index is 1.34. The molecule has 0 aliphatic rings. The summed E-state index contributed by atoms with van der Waals surface area (Å²) in [5.41, 5.74) is 2.51. The third-order valence-electron chi connectivity index (χ3n) is 6.22. The van der Waals surface area contributed by atoms with Gasteiger partial charge >= 0.3 is 0 Å². The molecule has 0 fully saturated rings. The minimum atomic E-state index is -0.729. The third kappa shape index (κ3) is 10.8. The molecule has 0 radical (unpaired) electrons. The van der Waals surface area contributed by atoms with E-state index in [4.69, 9.17) is 28.4 Å². The van der Waals surface area contributed by atoms with Crippen LogP contribution in [-0.2, 0) is 34.0 Å². The van der Waals surface area contributed by atoms with E-state index in [0.717, 1.165) is 36.1 Å². The van der Waals surface area contributed by atoms with Crippen LogP contribution in [0.5, 0.6) is 0 Å². The second kappa shape index (κ2) is 19.5. The van der Waals surface area contributed by atoms with Gasteiger partial charge in [-0.2, -0.15) is 0 Å². The lowest BCUT2D eigenvalue weighted by atomic mass is 9.80. The maximum absolute atomic E-state index is 6.71. The summed E-state index contributed by atoms with van der Waals surface area (Å²) in [6.45, 7) is 8.29. The van der Waals surface area contributed by atoms with Crippen molar-refractivity contribution >= 4 is 0 Å². The van der Waals surface area contributed by atoms with E-state index in [2.05, 4.69) is 79.7 Å². The van der Waals surface area contributed by atoms with Crippen LogP contribution in [0.1, 0.15) is 36.5 Å². The van der Waals surface area contributed by atoms with Crippen molar-refractivity contribution in [3.63, 3.8) is 0 Å². The number of hydrogen-bond donors (Lipinski definition) is 0. The van der Waals surface area contributed by atoms with E-state index < -0.39 is 5.60 Å². The molecular weight excluding hydrogens is 492 g/mol. The van der Waals surface area contributed by atoms with Crippen molar-refractivity contribution in [3.05, 3.63) is 108 Å². The van der Waals surface area contributed by atoms with E-state index in [1.807, 2.05) is 18.2 Å². The van der Waals surface area contributed by atoms with Crippen LogP contribution in [0.15, 0.2) is 91.0 Å². The van der Waals surface area contributed by atoms with Crippen LogP contribution >= 0.6 is 0 Å². The van der Waals surface area contributed by atoms with Crippen molar-refractivity contribution in [1.82, 2.24) is 0 Å². The minimum absolute atomic E-state index is 0.436. The van der Waals surface area contributed by atoms with Crippen LogP contribution in [0.2, 0.25) is 0 Å². The van der Waals surface area contributed by atoms with Gasteiger partial charge in [-0.1, -0.05) is 104 Å². The largest absolute Gasteiger partial charge is 0.379 e. The SMILES string of the molecule is CCCCOCCOCCOCCOCCOCCOC(c1ccccc1)(c1ccccc1)c1ccccc1. The molecular formula is C33H44O6. The first kappa shape index (κ1) is 31.0. The number of ether oxygens (including phenoxy) is 6. The molecule has 0 aliphatic carbocycles. The van der Waals surface area contributed by atoms with Gasteiger partial charge < -0.3 is 28.4 Å². The minimum Gasteiger partial charge on any atom is -0.379 e. The molecule has 0 N–H and O–H groups in total. The summed E-state index contributed by atoms with van der Waals surface area (Å²) in [6, 6.07) is 31.1. The topological polar surface area (TPSA) is 55.4 Å². The van der Waals surface area contributed by atoms with E-state index in [1.165, 1.54) is 0 Å². The monoisotopic (exact) mass is 536 g/mol. The second-order valence-electron chi connectivity index (χ2n) is 9.04. The molecule has 6 heteroatoms. The molecule has 3 aromatic carbocycles. The summed E-state index contributed by atoms with van der Waals surface area (Å²) in [4.78, 5) is 0. The van der Waals surface area contributed by atoms with Gasteiger partial charge in [0.25, 0.3) is 0 Å². The fraction of sp³-hybridized carbons (Fsp3) is 0.455. The van der Waals surface area contributed by atoms with Gasteiger partial charge in [-0.15, -0.1) is 0 Å². The summed E-state index contributed by atoms with van der Waals surface area (Å²) in [7, 11) is 0. The Kier molecular flexibility index (Phi) is 15.5. The molecule has 0 unspecified atom stereocenters. The summed E-state index contributed by atoms with van der Waals surface area (Å²) in [5.74, 6) is 0. The van der Waals surface area contributed by atoms with E-state index in [1.54, 1.807) is 0 Å². The van der Waals surface area contributed by atoms with Crippen LogP contribution in [0.25, 0.3) is 0 Å². The predicted molar refractivity (Wildman–Crippen MR) is 154 cm³/mol. The average molecular weight is 537 g/mol. The highest BCUT2D eigenvalue weighted by molar-refractivity contribution is 5.47. The molecule has 212 valence electrons. The van der Waals surface area contributed by atoms with Crippen LogP contribution in [0, 0.1) is 0 Å². The van der Waals surface area contributed by atoms with Crippen molar-refractivity contribution in [2.75, 3.05) is 72.7 Å². The molecule has 0 aliphatic heterocycles. The zero-order valence-corrected chi connectivity index (χ0v) is 23.3. The molecule has 3 aromatic rings. The predicted octanol–water partition coefficient (Wildman–Crippen LogP) is 5.88. The highest BCUT2D eigenvalue weighted by Gasteiger charge is 2.37. The van der Waals surface area contributed by atoms with Crippen LogP contribution < -0.4 is 0 Å². The van der Waals surface area contributed by atoms with Gasteiger partial charge in [0.1, 0.15) is 5.60 Å². The Morgan fingerprint density at radius 1 is 0.410 bits per heavy atom. The quantitative estimate of drug-likeness (QED) is 0.118. The molecule has 6 nitrogen and oxygen atoms in total. The molecule has 0 aromatic heterocycles. The molecule has 0 heterocycles. The van der Waals surface area contributed by atoms with Crippen LogP contribution in [0.4, 0.5) is 0 Å². The lowest BCUT2D eigenvalue weighted by molar-refractivity contribution is -0.0391. The summed E-state index contributed by atoms with van der Waals surface area (Å²) in [5, 5.41) is 0. The van der Waals surface area contributed by atoms with E-state index >= 15 is 0 Å². The Morgan fingerprint density at radius 2 is 0.718 bits per heavy atom. The lowest BCUT2D eigenvalue weighted by Crippen LogP contribution is -2.34. The summed E-state index contributed by atoms with van der Waals surface area (Å²) in [6.07, 6.45) is 2.25. The maximum atomic E-state index is 6.71. The van der Waals surface area contributed by atoms with Crippen molar-refractivity contribution < 1.29 is 28.4 Å². The lowest BCUT2D eigenvalue weighted by Gasteiger charge is -2.36. The molecule has 0 saturated carbocycles. The molecule has 0 saturated heterocycles. The fourth-order valence-electron chi connectivity index (χ4n) is 4.25. The first-order chi connectivity index (χ1) is 19.4.